The van der Waals surface area contributed by atoms with E-state index in [2.05, 4.69) is 25.0 Å². The highest BCUT2D eigenvalue weighted by atomic mass is 28.3. The highest BCUT2D eigenvalue weighted by Gasteiger charge is 2.22. The molecule has 1 N–H and O–H groups in total. The Morgan fingerprint density at radius 1 is 1.33 bits per heavy atom. The van der Waals surface area contributed by atoms with Crippen LogP contribution in [-0.2, 0) is 9.53 Å². The molecule has 0 spiro atoms. The van der Waals surface area contributed by atoms with Gasteiger partial charge in [-0.1, -0.05) is 19.6 Å². The van der Waals surface area contributed by atoms with Gasteiger partial charge in [-0.15, -0.1) is 0 Å². The van der Waals surface area contributed by atoms with Crippen molar-refractivity contribution in [2.45, 2.75) is 38.5 Å². The molecule has 0 aromatic carbocycles. The number of rotatable bonds is 4. The summed E-state index contributed by atoms with van der Waals surface area (Å²) in [4.78, 5) is 11.6. The van der Waals surface area contributed by atoms with E-state index in [-0.39, 0.29) is 11.9 Å². The van der Waals surface area contributed by atoms with Gasteiger partial charge >= 0.3 is 5.97 Å². The van der Waals surface area contributed by atoms with Crippen LogP contribution in [0.2, 0.25) is 25.7 Å². The Bertz CT molecular complexity index is 207. The SMILES string of the molecule is C[Si](C)(C)CCOC(=O)C1CCNCC1. The highest BCUT2D eigenvalue weighted by molar-refractivity contribution is 6.76. The molecule has 15 heavy (non-hydrogen) atoms. The summed E-state index contributed by atoms with van der Waals surface area (Å²) in [6.07, 6.45) is 1.87. The summed E-state index contributed by atoms with van der Waals surface area (Å²) in [5, 5.41) is 3.25. The molecule has 1 aliphatic rings. The zero-order valence-electron chi connectivity index (χ0n) is 10.1. The van der Waals surface area contributed by atoms with Gasteiger partial charge in [-0.25, -0.2) is 0 Å². The van der Waals surface area contributed by atoms with Gasteiger partial charge in [0.25, 0.3) is 0 Å². The highest BCUT2D eigenvalue weighted by Crippen LogP contribution is 2.14. The van der Waals surface area contributed by atoms with Crippen LogP contribution in [0.1, 0.15) is 12.8 Å². The van der Waals surface area contributed by atoms with E-state index >= 15 is 0 Å². The van der Waals surface area contributed by atoms with Crippen LogP contribution in [0.25, 0.3) is 0 Å². The van der Waals surface area contributed by atoms with Crippen molar-refractivity contribution in [2.75, 3.05) is 19.7 Å². The van der Waals surface area contributed by atoms with Crippen LogP contribution in [-0.4, -0.2) is 33.7 Å². The molecule has 0 aliphatic carbocycles. The molecule has 1 heterocycles. The van der Waals surface area contributed by atoms with Crippen molar-refractivity contribution in [1.29, 1.82) is 0 Å². The smallest absolute Gasteiger partial charge is 0.309 e. The standard InChI is InChI=1S/C11H23NO2Si/c1-15(2,3)9-8-14-11(13)10-4-6-12-7-5-10/h10,12H,4-9H2,1-3H3. The number of ether oxygens (including phenoxy) is 1. The number of nitrogens with one attached hydrogen (secondary N) is 1. The summed E-state index contributed by atoms with van der Waals surface area (Å²) in [5.74, 6) is 0.169. The number of hydrogen-bond acceptors (Lipinski definition) is 3. The molecule has 0 bridgehead atoms. The first kappa shape index (κ1) is 12.7. The largest absolute Gasteiger partial charge is 0.466 e. The van der Waals surface area contributed by atoms with Crippen molar-refractivity contribution < 1.29 is 9.53 Å². The third-order valence-corrected chi connectivity index (χ3v) is 4.47. The Hall–Kier alpha value is -0.353. The molecule has 0 atom stereocenters. The maximum absolute atomic E-state index is 11.6. The Labute approximate surface area is 93.6 Å². The van der Waals surface area contributed by atoms with Crippen molar-refractivity contribution in [1.82, 2.24) is 5.32 Å². The average Bonchev–Trinajstić information content (AvgIpc) is 2.17. The molecule has 0 amide bonds. The lowest BCUT2D eigenvalue weighted by Crippen LogP contribution is -2.33. The normalized spacial score (nSPS) is 18.9. The third kappa shape index (κ3) is 5.32. The number of esters is 1. The van der Waals surface area contributed by atoms with Crippen molar-refractivity contribution >= 4 is 14.0 Å². The van der Waals surface area contributed by atoms with Gasteiger partial charge in [-0.05, 0) is 32.0 Å². The maximum Gasteiger partial charge on any atom is 0.309 e. The summed E-state index contributed by atoms with van der Waals surface area (Å²) in [7, 11) is -1.06. The van der Waals surface area contributed by atoms with Crippen LogP contribution in [0, 0.1) is 5.92 Å². The lowest BCUT2D eigenvalue weighted by Gasteiger charge is -2.22. The predicted octanol–water partition coefficient (Wildman–Crippen LogP) is 1.87. The predicted molar refractivity (Wildman–Crippen MR) is 64.7 cm³/mol. The molecule has 1 fully saturated rings. The van der Waals surface area contributed by atoms with Crippen molar-refractivity contribution in [2.24, 2.45) is 5.92 Å². The molecule has 0 aromatic heterocycles. The second-order valence-electron chi connectivity index (χ2n) is 5.50. The summed E-state index contributed by atoms with van der Waals surface area (Å²) < 4.78 is 5.33. The van der Waals surface area contributed by atoms with E-state index in [1.807, 2.05) is 0 Å². The second kappa shape index (κ2) is 5.65. The van der Waals surface area contributed by atoms with Crippen molar-refractivity contribution in [3.63, 3.8) is 0 Å². The monoisotopic (exact) mass is 229 g/mol. The van der Waals surface area contributed by atoms with Crippen LogP contribution in [0.3, 0.4) is 0 Å². The summed E-state index contributed by atoms with van der Waals surface area (Å²) in [6.45, 7) is 9.42. The van der Waals surface area contributed by atoms with Crippen LogP contribution in [0.15, 0.2) is 0 Å². The van der Waals surface area contributed by atoms with E-state index in [1.54, 1.807) is 0 Å². The summed E-state index contributed by atoms with van der Waals surface area (Å²) >= 11 is 0. The molecule has 0 radical (unpaired) electrons. The first-order chi connectivity index (χ1) is 6.99. The number of carbonyl (C=O) groups is 1. The second-order valence-corrected chi connectivity index (χ2v) is 11.1. The fraction of sp³-hybridized carbons (Fsp3) is 0.909. The lowest BCUT2D eigenvalue weighted by molar-refractivity contribution is -0.148. The van der Waals surface area contributed by atoms with Gasteiger partial charge in [-0.2, -0.15) is 0 Å². The topological polar surface area (TPSA) is 38.3 Å². The van der Waals surface area contributed by atoms with E-state index in [0.717, 1.165) is 32.0 Å². The van der Waals surface area contributed by atoms with Gasteiger partial charge in [0.05, 0.1) is 12.5 Å². The Morgan fingerprint density at radius 3 is 2.47 bits per heavy atom. The Balaban J connectivity index is 2.17. The lowest BCUT2D eigenvalue weighted by atomic mass is 9.99. The van der Waals surface area contributed by atoms with E-state index in [4.69, 9.17) is 4.74 Å². The van der Waals surface area contributed by atoms with Gasteiger partial charge in [0.15, 0.2) is 0 Å². The molecule has 1 aliphatic heterocycles. The molecular weight excluding hydrogens is 206 g/mol. The summed E-state index contributed by atoms with van der Waals surface area (Å²) in [5.41, 5.74) is 0. The van der Waals surface area contributed by atoms with Gasteiger partial charge in [-0.3, -0.25) is 4.79 Å². The quantitative estimate of drug-likeness (QED) is 0.591. The molecular formula is C11H23NO2Si. The van der Waals surface area contributed by atoms with Crippen LogP contribution in [0.5, 0.6) is 0 Å². The molecule has 88 valence electrons. The first-order valence-corrected chi connectivity index (χ1v) is 9.57. The third-order valence-electron chi connectivity index (χ3n) is 2.77. The van der Waals surface area contributed by atoms with Gasteiger partial charge in [0.1, 0.15) is 0 Å². The molecule has 1 saturated heterocycles. The zero-order chi connectivity index (χ0) is 11.3. The Morgan fingerprint density at radius 2 is 1.93 bits per heavy atom. The average molecular weight is 229 g/mol. The minimum atomic E-state index is -1.06. The van der Waals surface area contributed by atoms with Gasteiger partial charge in [0.2, 0.25) is 0 Å². The zero-order valence-corrected chi connectivity index (χ0v) is 11.1. The number of carbonyl (C=O) groups excluding carboxylic acids is 1. The van der Waals surface area contributed by atoms with Crippen molar-refractivity contribution in [3.8, 4) is 0 Å². The van der Waals surface area contributed by atoms with Gasteiger partial charge in [0, 0.05) is 8.07 Å². The summed E-state index contributed by atoms with van der Waals surface area (Å²) in [6, 6.07) is 1.07. The maximum atomic E-state index is 11.6. The number of piperidine rings is 1. The molecule has 4 heteroatoms. The molecule has 1 rings (SSSR count). The minimum Gasteiger partial charge on any atom is -0.466 e. The van der Waals surface area contributed by atoms with Crippen LogP contribution in [0.4, 0.5) is 0 Å². The van der Waals surface area contributed by atoms with Crippen LogP contribution >= 0.6 is 0 Å². The van der Waals surface area contributed by atoms with Crippen molar-refractivity contribution in [3.05, 3.63) is 0 Å². The van der Waals surface area contributed by atoms with E-state index in [1.165, 1.54) is 0 Å². The van der Waals surface area contributed by atoms with E-state index < -0.39 is 8.07 Å². The number of hydrogen-bond donors (Lipinski definition) is 1. The molecule has 3 nitrogen and oxygen atoms in total. The fourth-order valence-electron chi connectivity index (χ4n) is 1.63. The first-order valence-electron chi connectivity index (χ1n) is 5.86. The fourth-order valence-corrected chi connectivity index (χ4v) is 2.35. The molecule has 0 unspecified atom stereocenters. The van der Waals surface area contributed by atoms with E-state index in [0.29, 0.717) is 6.61 Å². The van der Waals surface area contributed by atoms with E-state index in [9.17, 15) is 4.79 Å². The van der Waals surface area contributed by atoms with Gasteiger partial charge < -0.3 is 10.1 Å². The minimum absolute atomic E-state index is 0.0229. The Kier molecular flexibility index (Phi) is 4.79. The molecule has 0 saturated carbocycles. The van der Waals surface area contributed by atoms with Crippen LogP contribution < -0.4 is 5.32 Å². The molecule has 0 aromatic rings.